The maximum Gasteiger partial charge on any atom is 1.00 e. The van der Waals surface area contributed by atoms with E-state index in [0.717, 1.165) is 49.9 Å². The first kappa shape index (κ1) is 106. The zero-order valence-corrected chi connectivity index (χ0v) is 65.3. The minimum Gasteiger partial charge on any atom is -1.00 e. The maximum absolute atomic E-state index is 9.85. The van der Waals surface area contributed by atoms with E-state index in [1.165, 1.54) is 65.8 Å². The summed E-state index contributed by atoms with van der Waals surface area (Å²) in [6, 6.07) is 27.8. The van der Waals surface area contributed by atoms with Gasteiger partial charge in [0.25, 0.3) is 0 Å². The summed E-state index contributed by atoms with van der Waals surface area (Å²) in [7, 11) is 17.9. The van der Waals surface area contributed by atoms with E-state index in [1.54, 1.807) is 35.2 Å². The third-order valence-electron chi connectivity index (χ3n) is 10.6. The molecular weight excluding hydrogens is 1390 g/mol. The van der Waals surface area contributed by atoms with Gasteiger partial charge in [-0.25, -0.2) is 9.15 Å². The molecule has 0 amide bonds. The molecule has 0 spiro atoms. The molecule has 0 bridgehead atoms. The molecule has 25 heteroatoms. The fourth-order valence-electron chi connectivity index (χ4n) is 6.55. The monoisotopic (exact) mass is 1490 g/mol. The van der Waals surface area contributed by atoms with Crippen LogP contribution in [0.3, 0.4) is 0 Å². The van der Waals surface area contributed by atoms with Gasteiger partial charge in [0, 0.05) is 171 Å². The normalized spacial score (nSPS) is 8.55. The summed E-state index contributed by atoms with van der Waals surface area (Å²) in [5.41, 5.74) is 15.1. The average molecular weight is 1490 g/mol. The molecule has 0 fully saturated rings. The molecule has 9 heterocycles. The molecule has 93 heavy (non-hydrogen) atoms. The van der Waals surface area contributed by atoms with Gasteiger partial charge in [0.15, 0.2) is 12.5 Å². The fourth-order valence-corrected chi connectivity index (χ4v) is 6.55. The van der Waals surface area contributed by atoms with Crippen molar-refractivity contribution in [2.75, 3.05) is 52.8 Å². The van der Waals surface area contributed by atoms with Crippen LogP contribution in [0.1, 0.15) is 85.2 Å². The number of carbonyl (C=O) groups is 1. The molecule has 0 radical (unpaired) electrons. The van der Waals surface area contributed by atoms with Gasteiger partial charge in [-0.05, 0) is 181 Å². The number of rotatable bonds is 15. The molecule has 9 aromatic heterocycles. The van der Waals surface area contributed by atoms with Crippen LogP contribution in [0.2, 0.25) is 0 Å². The first-order chi connectivity index (χ1) is 41.6. The number of nitriles is 3. The smallest absolute Gasteiger partial charge is 1.00 e. The van der Waals surface area contributed by atoms with E-state index in [0.29, 0.717) is 12.0 Å². The van der Waals surface area contributed by atoms with Crippen molar-refractivity contribution in [2.24, 2.45) is 41.0 Å². The van der Waals surface area contributed by atoms with E-state index >= 15 is 0 Å². The number of nitrogens with zero attached hydrogens (tertiary/aromatic N) is 10. The van der Waals surface area contributed by atoms with Crippen molar-refractivity contribution in [1.82, 2.24) is 48.1 Å². The number of hydrogen-bond acceptors (Lipinski definition) is 7. The molecular formula is C68H102Cl4IN16Na2O2-. The number of alkyl halides is 1. The van der Waals surface area contributed by atoms with E-state index in [9.17, 15) is 4.79 Å². The predicted octanol–water partition coefficient (Wildman–Crippen LogP) is -1.79. The van der Waals surface area contributed by atoms with Crippen molar-refractivity contribution in [1.29, 1.82) is 15.8 Å². The zero-order chi connectivity index (χ0) is 64.3. The minimum atomic E-state index is 0. The molecule has 0 aliphatic carbocycles. The van der Waals surface area contributed by atoms with E-state index in [-0.39, 0.29) is 111 Å². The predicted molar refractivity (Wildman–Crippen MR) is 379 cm³/mol. The van der Waals surface area contributed by atoms with Crippen molar-refractivity contribution in [3.05, 3.63) is 229 Å². The van der Waals surface area contributed by atoms with Gasteiger partial charge in [0.1, 0.15) is 28.2 Å². The molecule has 9 rings (SSSR count). The van der Waals surface area contributed by atoms with Crippen LogP contribution in [0, 0.1) is 34.0 Å². The van der Waals surface area contributed by atoms with Gasteiger partial charge in [-0.1, -0.05) is 36.9 Å². The summed E-state index contributed by atoms with van der Waals surface area (Å²) in [6.45, 7) is 4.84. The van der Waals surface area contributed by atoms with Crippen molar-refractivity contribution in [2.45, 2.75) is 59.3 Å². The van der Waals surface area contributed by atoms with E-state index in [2.05, 4.69) is 137 Å². The Balaban J connectivity index is -0.000000106. The number of halogens is 5. The van der Waals surface area contributed by atoms with Crippen molar-refractivity contribution < 1.29 is 117 Å². The van der Waals surface area contributed by atoms with Crippen molar-refractivity contribution in [3.8, 4) is 18.2 Å². The molecule has 0 aliphatic heterocycles. The van der Waals surface area contributed by atoms with Crippen LogP contribution in [-0.2, 0) is 54.5 Å². The van der Waals surface area contributed by atoms with Gasteiger partial charge < -0.3 is 97.9 Å². The molecule has 0 aromatic carbocycles. The number of allylic oxidation sites excluding steroid dienone is 2. The van der Waals surface area contributed by atoms with Gasteiger partial charge in [-0.15, -0.1) is 0 Å². The fraction of sp³-hybridized carbons (Fsp3) is 0.324. The van der Waals surface area contributed by atoms with Crippen LogP contribution in [0.25, 0.3) is 12.2 Å². The van der Waals surface area contributed by atoms with Crippen molar-refractivity contribution in [3.63, 3.8) is 0 Å². The van der Waals surface area contributed by atoms with Gasteiger partial charge in [0.2, 0.25) is 5.67 Å². The molecule has 0 aliphatic rings. The van der Waals surface area contributed by atoms with E-state index in [4.69, 9.17) is 33.1 Å². The SMILES string of the molecule is C.CCC#N.CI.C[N+](C)=CCl.C[N+](C)=Cc1cc[nH]c1.Cn1ccc(/C=C/C#N)c1.Cn1ccc(CCCN)c1.Cn1ccc(CCCNCCCc2ccn(C)c2)c1.Cn1cccc1.N#C/C=C/c1cc[nH]c1.O=Cc1cc[nH]c1.[Cl-].[Cl-].[Cl-].[H-].[Na+].[Na+].[OH-].c1cc[nH]c1. The second-order valence-corrected chi connectivity index (χ2v) is 19.1. The summed E-state index contributed by atoms with van der Waals surface area (Å²) >= 11 is 7.29. The molecule has 0 unspecified atom stereocenters. The molecule has 0 saturated carbocycles. The van der Waals surface area contributed by atoms with Crippen LogP contribution < -0.4 is 107 Å². The van der Waals surface area contributed by atoms with Gasteiger partial charge in [-0.3, -0.25) is 4.79 Å². The molecule has 0 atom stereocenters. The Kier molecular flexibility index (Phi) is 87.7. The second-order valence-electron chi connectivity index (χ2n) is 18.9. The third kappa shape index (κ3) is 68.9. The van der Waals surface area contributed by atoms with E-state index < -0.39 is 0 Å². The van der Waals surface area contributed by atoms with Crippen LogP contribution in [0.15, 0.2) is 190 Å². The molecule has 9 aromatic rings. The number of hydrogen-bond donors (Lipinski definition) is 6. The summed E-state index contributed by atoms with van der Waals surface area (Å²) < 4.78 is 14.0. The third-order valence-corrected chi connectivity index (χ3v) is 10.9. The Morgan fingerprint density at radius 3 is 1.19 bits per heavy atom. The van der Waals surface area contributed by atoms with Gasteiger partial charge in [-0.2, -0.15) is 15.8 Å². The van der Waals surface area contributed by atoms with Gasteiger partial charge >= 0.3 is 59.1 Å². The number of nitrogens with two attached hydrogens (primary N) is 1. The largest absolute Gasteiger partial charge is 1.00 e. The standard InChI is InChI=1S/C16H25N3.C8H14N2.C8H8N2.C7H10N2.C7H6N2.C5H5NO.C5H7N.C4H5N.C3H7ClN.C3H5N.CH3I.CH4.3ClH.2Na.H2O.H/c1-18-11-7-15(13-18)5-3-9-17-10-4-6-16-8-12-19(2)14-16;2*1-10-6-4-8(7-10)3-2-5-9;1-9(2)6-7-3-4-8-5-7;8-4-1-2-7-3-5-9-6-7;7-4-5-1-2-6-3-5;1-6-4-2-3-5-6;1-2-4-5-3-1;1-5(2)3-4;1-2-3-4;1-2;;;;;;;;/h7-8,11-14,17H,3-6,9-10H2,1-2H3;4,6-7H,2-3,5,9H2,1H3;2-4,6-7H,1H3;3-6H,1-2H3;1-3,5-6,9H;1-4,6H;2-5H,1H3;1-5H;3H,1-2H3;2H2,1H3;1H3;1H4;3*1H;;;1H2;/q;;;;;;;;+1;;;;;;;2*+1;;-1/p-3/b;;3-2+;;2-1+;;;;;;;;;;;;;;. The first-order valence-electron chi connectivity index (χ1n) is 27.9. The number of H-pyrrole nitrogens is 4. The van der Waals surface area contributed by atoms with E-state index in [1.807, 2.05) is 198 Å². The number of aldehydes is 1. The molecule has 504 valence electrons. The summed E-state index contributed by atoms with van der Waals surface area (Å²) in [5.74, 6) is 0. The quantitative estimate of drug-likeness (QED) is 0.0101. The van der Waals surface area contributed by atoms with Crippen LogP contribution in [0.5, 0.6) is 0 Å². The number of aromatic amines is 4. The number of nitrogens with one attached hydrogen (secondary N) is 5. The number of aryl methyl sites for hydroxylation is 8. The number of carbonyl (C=O) groups excluding carboxylic acids is 1. The Labute approximate surface area is 639 Å². The topological polar surface area (TPSA) is 250 Å². The summed E-state index contributed by atoms with van der Waals surface area (Å²) in [6.07, 6.45) is 52.2. The Morgan fingerprint density at radius 1 is 0.559 bits per heavy atom. The number of aromatic nitrogens is 9. The first-order valence-corrected chi connectivity index (χ1v) is 30.5. The summed E-state index contributed by atoms with van der Waals surface area (Å²) in [4.78, 5) is 23.3. The van der Waals surface area contributed by atoms with Crippen molar-refractivity contribution >= 4 is 64.5 Å². The van der Waals surface area contributed by atoms with Crippen LogP contribution in [-0.4, -0.2) is 128 Å². The second kappa shape index (κ2) is 77.0. The van der Waals surface area contributed by atoms with Crippen LogP contribution >= 0.6 is 34.2 Å². The van der Waals surface area contributed by atoms with Crippen LogP contribution in [0.4, 0.5) is 0 Å². The Hall–Kier alpha value is -5.75. The molecule has 0 saturated heterocycles. The molecule has 18 nitrogen and oxygen atoms in total. The molecule has 8 N–H and O–H groups in total. The maximum atomic E-state index is 9.85. The van der Waals surface area contributed by atoms with Gasteiger partial charge in [0.05, 0.1) is 23.8 Å². The zero-order valence-electron chi connectivity index (χ0n) is 57.2. The Morgan fingerprint density at radius 2 is 0.935 bits per heavy atom. The minimum absolute atomic E-state index is 0. The average Bonchev–Trinajstić information content (AvgIpc) is 2.71. The Bertz CT molecular complexity index is 3100. The summed E-state index contributed by atoms with van der Waals surface area (Å²) in [5, 5.41) is 27.5.